The number of halogens is 1. The Bertz CT molecular complexity index is 513. The van der Waals surface area contributed by atoms with E-state index in [-0.39, 0.29) is 11.7 Å². The Labute approximate surface area is 117 Å². The average Bonchev–Trinajstić information content (AvgIpc) is 2.47. The van der Waals surface area contributed by atoms with E-state index in [1.807, 2.05) is 0 Å². The number of hydrogen-bond acceptors (Lipinski definition) is 3. The van der Waals surface area contributed by atoms with Crippen LogP contribution in [0, 0.1) is 11.2 Å². The molecule has 0 radical (unpaired) electrons. The van der Waals surface area contributed by atoms with Crippen molar-refractivity contribution in [1.29, 1.82) is 0 Å². The number of carbonyl (C=O) groups is 1. The molecule has 1 rings (SSSR count). The summed E-state index contributed by atoms with van der Waals surface area (Å²) in [6.07, 6.45) is 0.774. The molecule has 0 aromatic heterocycles. The molecule has 20 heavy (non-hydrogen) atoms. The van der Waals surface area contributed by atoms with E-state index in [1.54, 1.807) is 27.0 Å². The lowest BCUT2D eigenvalue weighted by molar-refractivity contribution is -0.125. The van der Waals surface area contributed by atoms with Gasteiger partial charge in [0, 0.05) is 12.7 Å². The predicted molar refractivity (Wildman–Crippen MR) is 76.2 cm³/mol. The summed E-state index contributed by atoms with van der Waals surface area (Å²) >= 11 is 0. The van der Waals surface area contributed by atoms with Crippen molar-refractivity contribution in [3.8, 4) is 0 Å². The fourth-order valence-corrected chi connectivity index (χ4v) is 2.24. The fourth-order valence-electron chi connectivity index (χ4n) is 2.24. The lowest BCUT2D eigenvalue weighted by atomic mass is 9.79. The summed E-state index contributed by atoms with van der Waals surface area (Å²) in [6, 6.07) is 5.72. The summed E-state index contributed by atoms with van der Waals surface area (Å²) in [5.74, 6) is -0.885. The van der Waals surface area contributed by atoms with Gasteiger partial charge in [0.1, 0.15) is 11.2 Å². The number of rotatable bonds is 5. The molecule has 0 heterocycles. The van der Waals surface area contributed by atoms with E-state index in [0.29, 0.717) is 18.5 Å². The first-order valence-electron chi connectivity index (χ1n) is 6.44. The van der Waals surface area contributed by atoms with E-state index >= 15 is 0 Å². The molecular formula is C14H20FN3O2. The third-order valence-electron chi connectivity index (χ3n) is 3.71. The molecule has 5 nitrogen and oxygen atoms in total. The number of amidine groups is 1. The van der Waals surface area contributed by atoms with E-state index in [4.69, 9.17) is 10.9 Å². The minimum atomic E-state index is -1.09. The van der Waals surface area contributed by atoms with Crippen molar-refractivity contribution < 1.29 is 14.4 Å². The number of nitrogens with zero attached hydrogens (tertiary/aromatic N) is 2. The van der Waals surface area contributed by atoms with E-state index in [9.17, 15) is 9.18 Å². The summed E-state index contributed by atoms with van der Waals surface area (Å²) in [5.41, 5.74) is 5.03. The van der Waals surface area contributed by atoms with E-state index in [1.165, 1.54) is 23.1 Å². The Hall–Kier alpha value is -2.11. The first-order chi connectivity index (χ1) is 9.42. The highest BCUT2D eigenvalue weighted by Gasteiger charge is 2.42. The highest BCUT2D eigenvalue weighted by Crippen LogP contribution is 2.31. The molecule has 0 aliphatic carbocycles. The van der Waals surface area contributed by atoms with Gasteiger partial charge in [0.05, 0.1) is 0 Å². The first-order valence-corrected chi connectivity index (χ1v) is 6.44. The molecule has 0 unspecified atom stereocenters. The number of hydrogen-bond donors (Lipinski definition) is 2. The Morgan fingerprint density at radius 2 is 2.05 bits per heavy atom. The predicted octanol–water partition coefficient (Wildman–Crippen LogP) is 2.34. The van der Waals surface area contributed by atoms with Crippen molar-refractivity contribution >= 4 is 17.4 Å². The van der Waals surface area contributed by atoms with Gasteiger partial charge >= 0.3 is 0 Å². The Morgan fingerprint density at radius 1 is 1.45 bits per heavy atom. The molecule has 0 spiro atoms. The highest BCUT2D eigenvalue weighted by molar-refractivity contribution is 6.12. The smallest absolute Gasteiger partial charge is 0.240 e. The maximum atomic E-state index is 13.2. The summed E-state index contributed by atoms with van der Waals surface area (Å²) < 4.78 is 13.2. The fraction of sp³-hybridized carbons (Fsp3) is 0.429. The van der Waals surface area contributed by atoms with Gasteiger partial charge in [-0.15, -0.1) is 0 Å². The van der Waals surface area contributed by atoms with Gasteiger partial charge in [-0.25, -0.2) is 4.39 Å². The molecule has 3 N–H and O–H groups in total. The van der Waals surface area contributed by atoms with Crippen molar-refractivity contribution in [2.45, 2.75) is 26.7 Å². The van der Waals surface area contributed by atoms with Crippen LogP contribution in [0.15, 0.2) is 29.4 Å². The van der Waals surface area contributed by atoms with Crippen LogP contribution in [-0.2, 0) is 4.79 Å². The van der Waals surface area contributed by atoms with Gasteiger partial charge in [-0.3, -0.25) is 4.79 Å². The number of amides is 1. The lowest BCUT2D eigenvalue weighted by Gasteiger charge is -2.33. The van der Waals surface area contributed by atoms with Crippen LogP contribution >= 0.6 is 0 Å². The maximum absolute atomic E-state index is 13.2. The Balaban J connectivity index is 3.19. The molecule has 0 atom stereocenters. The van der Waals surface area contributed by atoms with E-state index < -0.39 is 11.2 Å². The third-order valence-corrected chi connectivity index (χ3v) is 3.71. The normalized spacial score (nSPS) is 12.3. The van der Waals surface area contributed by atoms with Crippen LogP contribution in [0.2, 0.25) is 0 Å². The van der Waals surface area contributed by atoms with Crippen molar-refractivity contribution in [2.75, 3.05) is 11.9 Å². The molecule has 1 aromatic carbocycles. The standard InChI is InChI=1S/C14H20FN3O2/c1-4-14(5-2,12(16)17-20)13(19)18(3)11-8-6-7-10(15)9-11/h6-9,20H,4-5H2,1-3H3,(H2,16,17). The minimum Gasteiger partial charge on any atom is -0.409 e. The van der Waals surface area contributed by atoms with Crippen molar-refractivity contribution in [3.05, 3.63) is 30.1 Å². The number of carbonyl (C=O) groups excluding carboxylic acids is 1. The molecule has 0 fully saturated rings. The monoisotopic (exact) mass is 281 g/mol. The average molecular weight is 281 g/mol. The van der Waals surface area contributed by atoms with Crippen LogP contribution in [0.5, 0.6) is 0 Å². The second-order valence-electron chi connectivity index (χ2n) is 4.62. The summed E-state index contributed by atoms with van der Waals surface area (Å²) in [7, 11) is 1.54. The number of nitrogens with two attached hydrogens (primary N) is 1. The Kier molecular flexibility index (Phi) is 5.07. The molecule has 1 aromatic rings. The van der Waals surface area contributed by atoms with E-state index in [0.717, 1.165) is 0 Å². The molecule has 1 amide bonds. The summed E-state index contributed by atoms with van der Waals surface area (Å²) in [4.78, 5) is 14.0. The molecule has 0 saturated heterocycles. The largest absolute Gasteiger partial charge is 0.409 e. The van der Waals surface area contributed by atoms with Gasteiger partial charge in [-0.1, -0.05) is 25.1 Å². The number of oxime groups is 1. The second kappa shape index (κ2) is 6.36. The van der Waals surface area contributed by atoms with Gasteiger partial charge in [0.15, 0.2) is 5.84 Å². The van der Waals surface area contributed by atoms with Gasteiger partial charge in [0.25, 0.3) is 0 Å². The van der Waals surface area contributed by atoms with Crippen LogP contribution < -0.4 is 10.6 Å². The van der Waals surface area contributed by atoms with Gasteiger partial charge in [0.2, 0.25) is 5.91 Å². The Morgan fingerprint density at radius 3 is 2.50 bits per heavy atom. The van der Waals surface area contributed by atoms with Crippen LogP contribution in [0.4, 0.5) is 10.1 Å². The van der Waals surface area contributed by atoms with Crippen LogP contribution in [-0.4, -0.2) is 24.0 Å². The molecular weight excluding hydrogens is 261 g/mol. The topological polar surface area (TPSA) is 78.9 Å². The van der Waals surface area contributed by atoms with Crippen molar-refractivity contribution in [2.24, 2.45) is 16.3 Å². The molecule has 0 saturated carbocycles. The molecule has 0 bridgehead atoms. The zero-order chi connectivity index (χ0) is 15.3. The second-order valence-corrected chi connectivity index (χ2v) is 4.62. The quantitative estimate of drug-likeness (QED) is 0.376. The molecule has 0 aliphatic rings. The number of anilines is 1. The lowest BCUT2D eigenvalue weighted by Crippen LogP contribution is -2.50. The summed E-state index contributed by atoms with van der Waals surface area (Å²) in [6.45, 7) is 3.58. The van der Waals surface area contributed by atoms with Crippen molar-refractivity contribution in [3.63, 3.8) is 0 Å². The zero-order valence-corrected chi connectivity index (χ0v) is 11.9. The van der Waals surface area contributed by atoms with Crippen LogP contribution in [0.3, 0.4) is 0 Å². The first kappa shape index (κ1) is 15.9. The molecule has 110 valence electrons. The van der Waals surface area contributed by atoms with Crippen molar-refractivity contribution in [1.82, 2.24) is 0 Å². The van der Waals surface area contributed by atoms with E-state index in [2.05, 4.69) is 5.16 Å². The number of benzene rings is 1. The third kappa shape index (κ3) is 2.74. The maximum Gasteiger partial charge on any atom is 0.240 e. The SMILES string of the molecule is CCC(CC)(C(=O)N(C)c1cccc(F)c1)C(N)=NO. The molecule has 0 aliphatic heterocycles. The van der Waals surface area contributed by atoms with Gasteiger partial charge < -0.3 is 15.8 Å². The highest BCUT2D eigenvalue weighted by atomic mass is 19.1. The van der Waals surface area contributed by atoms with Gasteiger partial charge in [-0.05, 0) is 31.0 Å². The summed E-state index contributed by atoms with van der Waals surface area (Å²) in [5, 5.41) is 11.9. The minimum absolute atomic E-state index is 0.129. The zero-order valence-electron chi connectivity index (χ0n) is 11.9. The van der Waals surface area contributed by atoms with Crippen LogP contribution in [0.1, 0.15) is 26.7 Å². The van der Waals surface area contributed by atoms with Gasteiger partial charge in [-0.2, -0.15) is 0 Å². The molecule has 6 heteroatoms. The van der Waals surface area contributed by atoms with Crippen LogP contribution in [0.25, 0.3) is 0 Å².